The number of azo groups is 2. The molecule has 0 saturated carbocycles. The molecule has 9 heteroatoms. The molecular formula is C42H44CrN4O4. The summed E-state index contributed by atoms with van der Waals surface area (Å²) in [4.78, 5) is 0. The van der Waals surface area contributed by atoms with Crippen molar-refractivity contribution < 1.29 is 37.8 Å². The molecule has 0 aliphatic rings. The first-order valence-corrected chi connectivity index (χ1v) is 16.8. The Kier molecular flexibility index (Phi) is 12.3. The largest absolute Gasteiger partial charge is 0.506 e. The second-order valence-electron chi connectivity index (χ2n) is 13.6. The summed E-state index contributed by atoms with van der Waals surface area (Å²) in [6, 6.07) is 33.0. The molecule has 8 nitrogen and oxygen atoms in total. The van der Waals surface area contributed by atoms with E-state index in [0.717, 1.165) is 45.5 Å². The van der Waals surface area contributed by atoms with Crippen molar-refractivity contribution in [1.29, 1.82) is 0 Å². The molecular weight excluding hydrogens is 676 g/mol. The van der Waals surface area contributed by atoms with Crippen molar-refractivity contribution in [1.82, 2.24) is 0 Å². The minimum atomic E-state index is -0.0143. The maximum Gasteiger partial charge on any atom is 0.143 e. The summed E-state index contributed by atoms with van der Waals surface area (Å²) in [5.74, 6) is 0.261. The summed E-state index contributed by atoms with van der Waals surface area (Å²) in [6.45, 7) is 12.9. The van der Waals surface area contributed by atoms with Crippen LogP contribution in [0.1, 0.15) is 65.5 Å². The smallest absolute Gasteiger partial charge is 0.143 e. The Bertz CT molecular complexity index is 2060. The van der Waals surface area contributed by atoms with E-state index in [-0.39, 0.29) is 51.2 Å². The summed E-state index contributed by atoms with van der Waals surface area (Å²) in [5.41, 5.74) is 3.74. The summed E-state index contributed by atoms with van der Waals surface area (Å²) in [7, 11) is 0. The fourth-order valence-electron chi connectivity index (χ4n) is 5.36. The van der Waals surface area contributed by atoms with Gasteiger partial charge in [-0.05, 0) is 82.0 Å². The predicted molar refractivity (Wildman–Crippen MR) is 202 cm³/mol. The molecule has 6 aromatic carbocycles. The number of phenolic OH excluding ortho intramolecular Hbond substituents is 4. The molecule has 0 saturated heterocycles. The molecule has 0 aliphatic heterocycles. The van der Waals surface area contributed by atoms with Crippen molar-refractivity contribution in [3.8, 4) is 23.0 Å². The zero-order chi connectivity index (χ0) is 36.1. The average molecular weight is 721 g/mol. The number of phenols is 4. The fourth-order valence-corrected chi connectivity index (χ4v) is 5.36. The van der Waals surface area contributed by atoms with Gasteiger partial charge in [-0.2, -0.15) is 0 Å². The zero-order valence-corrected chi connectivity index (χ0v) is 31.1. The third-order valence-electron chi connectivity index (χ3n) is 9.56. The third kappa shape index (κ3) is 8.75. The van der Waals surface area contributed by atoms with Crippen molar-refractivity contribution in [3.63, 3.8) is 0 Å². The molecule has 0 aliphatic carbocycles. The molecule has 0 amide bonds. The number of fused-ring (bicyclic) bond motifs is 2. The molecule has 0 unspecified atom stereocenters. The SMILES string of the molecule is CCC(C)(C)c1ccc(O)c(N=Nc2c(O)ccc3ccccc23)c1.CCC(C)(C)c1ccc(O)c(N=Nc2c(O)ccc3ccccc23)c1.[Cr]. The summed E-state index contributed by atoms with van der Waals surface area (Å²) < 4.78 is 0. The molecule has 0 radical (unpaired) electrons. The second-order valence-corrected chi connectivity index (χ2v) is 13.6. The van der Waals surface area contributed by atoms with Crippen molar-refractivity contribution in [2.24, 2.45) is 20.5 Å². The van der Waals surface area contributed by atoms with E-state index in [0.29, 0.717) is 22.7 Å². The number of rotatable bonds is 8. The van der Waals surface area contributed by atoms with Gasteiger partial charge >= 0.3 is 0 Å². The monoisotopic (exact) mass is 720 g/mol. The van der Waals surface area contributed by atoms with Crippen LogP contribution in [0.2, 0.25) is 0 Å². The van der Waals surface area contributed by atoms with E-state index in [9.17, 15) is 20.4 Å². The van der Waals surface area contributed by atoms with Gasteiger partial charge in [-0.15, -0.1) is 20.5 Å². The molecule has 0 aromatic heterocycles. The molecule has 0 atom stereocenters. The van der Waals surface area contributed by atoms with Crippen molar-refractivity contribution in [3.05, 3.63) is 120 Å². The molecule has 4 N–H and O–H groups in total. The fraction of sp³-hybridized carbons (Fsp3) is 0.238. The van der Waals surface area contributed by atoms with Gasteiger partial charge in [-0.1, -0.05) is 114 Å². The molecule has 262 valence electrons. The number of nitrogens with zero attached hydrogens (tertiary/aromatic N) is 4. The zero-order valence-electron chi connectivity index (χ0n) is 29.8. The average Bonchev–Trinajstić information content (AvgIpc) is 3.12. The van der Waals surface area contributed by atoms with E-state index in [2.05, 4.69) is 62.0 Å². The first kappa shape index (κ1) is 38.6. The molecule has 0 fully saturated rings. The first-order valence-electron chi connectivity index (χ1n) is 16.8. The molecule has 0 bridgehead atoms. The topological polar surface area (TPSA) is 130 Å². The van der Waals surface area contributed by atoms with Crippen LogP contribution in [0.15, 0.2) is 130 Å². The number of hydrogen-bond donors (Lipinski definition) is 4. The van der Waals surface area contributed by atoms with Gasteiger partial charge in [0, 0.05) is 28.1 Å². The number of benzene rings is 6. The van der Waals surface area contributed by atoms with E-state index in [1.54, 1.807) is 24.3 Å². The second kappa shape index (κ2) is 16.2. The quantitative estimate of drug-likeness (QED) is 0.117. The van der Waals surface area contributed by atoms with Crippen LogP contribution < -0.4 is 0 Å². The molecule has 6 rings (SSSR count). The maximum atomic E-state index is 10.2. The summed E-state index contributed by atoms with van der Waals surface area (Å²) in [6.07, 6.45) is 1.94. The van der Waals surface area contributed by atoms with Gasteiger partial charge in [0.1, 0.15) is 45.7 Å². The van der Waals surface area contributed by atoms with Crippen LogP contribution in [-0.4, -0.2) is 20.4 Å². The molecule has 0 heterocycles. The van der Waals surface area contributed by atoms with Gasteiger partial charge in [0.05, 0.1) is 0 Å². The van der Waals surface area contributed by atoms with Crippen LogP contribution in [0.3, 0.4) is 0 Å². The standard InChI is InChI=1S/2C21H22N2O2.Cr/c2*1-4-21(2,3)15-10-12-18(24)17(13-15)22-23-20-16-8-6-5-7-14(16)9-11-19(20)25;/h2*5-13,24-25H,4H2,1-3H3;. The molecule has 6 aromatic rings. The van der Waals surface area contributed by atoms with Crippen molar-refractivity contribution in [2.75, 3.05) is 0 Å². The van der Waals surface area contributed by atoms with E-state index in [1.807, 2.05) is 84.9 Å². The van der Waals surface area contributed by atoms with E-state index in [4.69, 9.17) is 0 Å². The van der Waals surface area contributed by atoms with Crippen LogP contribution >= 0.6 is 0 Å². The number of hydrogen-bond acceptors (Lipinski definition) is 8. The molecule has 51 heavy (non-hydrogen) atoms. The Labute approximate surface area is 310 Å². The maximum absolute atomic E-state index is 10.2. The third-order valence-corrected chi connectivity index (χ3v) is 9.56. The van der Waals surface area contributed by atoms with Crippen LogP contribution in [0, 0.1) is 0 Å². The Morgan fingerprint density at radius 1 is 0.451 bits per heavy atom. The van der Waals surface area contributed by atoms with Crippen LogP contribution in [0.5, 0.6) is 23.0 Å². The van der Waals surface area contributed by atoms with E-state index in [1.165, 1.54) is 0 Å². The van der Waals surface area contributed by atoms with E-state index >= 15 is 0 Å². The van der Waals surface area contributed by atoms with Gasteiger partial charge in [-0.3, -0.25) is 0 Å². The Morgan fingerprint density at radius 3 is 1.18 bits per heavy atom. The summed E-state index contributed by atoms with van der Waals surface area (Å²) >= 11 is 0. The van der Waals surface area contributed by atoms with Gasteiger partial charge < -0.3 is 20.4 Å². The van der Waals surface area contributed by atoms with Crippen LogP contribution in [0.4, 0.5) is 22.7 Å². The van der Waals surface area contributed by atoms with Crippen molar-refractivity contribution >= 4 is 44.3 Å². The number of aromatic hydroxyl groups is 4. The Morgan fingerprint density at radius 2 is 0.804 bits per heavy atom. The summed E-state index contributed by atoms with van der Waals surface area (Å²) in [5, 5.41) is 61.0. The minimum Gasteiger partial charge on any atom is -0.506 e. The van der Waals surface area contributed by atoms with E-state index < -0.39 is 0 Å². The normalized spacial score (nSPS) is 11.9. The van der Waals surface area contributed by atoms with Gasteiger partial charge in [0.15, 0.2) is 0 Å². The van der Waals surface area contributed by atoms with Gasteiger partial charge in [-0.25, -0.2) is 0 Å². The Balaban J connectivity index is 0.000000224. The van der Waals surface area contributed by atoms with Crippen LogP contribution in [0.25, 0.3) is 21.5 Å². The first-order chi connectivity index (χ1) is 23.8. The minimum absolute atomic E-state index is 0. The predicted octanol–water partition coefficient (Wildman–Crippen LogP) is 12.7. The van der Waals surface area contributed by atoms with Gasteiger partial charge in [0.25, 0.3) is 0 Å². The Hall–Kier alpha value is -5.23. The van der Waals surface area contributed by atoms with Gasteiger partial charge in [0.2, 0.25) is 0 Å². The van der Waals surface area contributed by atoms with Crippen LogP contribution in [-0.2, 0) is 28.2 Å². The van der Waals surface area contributed by atoms with Crippen molar-refractivity contribution in [2.45, 2.75) is 65.2 Å². The molecule has 0 spiro atoms.